The summed E-state index contributed by atoms with van der Waals surface area (Å²) >= 11 is 8.95. The van der Waals surface area contributed by atoms with Crippen LogP contribution in [0, 0.1) is 11.8 Å². The summed E-state index contributed by atoms with van der Waals surface area (Å²) < 4.78 is 0. The van der Waals surface area contributed by atoms with E-state index in [0.29, 0.717) is 0 Å². The van der Waals surface area contributed by atoms with Crippen LogP contribution in [0.4, 0.5) is 0 Å². The highest BCUT2D eigenvalue weighted by atomic mass is 32.1. The Morgan fingerprint density at radius 3 is 1.77 bits per heavy atom. The van der Waals surface area contributed by atoms with Crippen LogP contribution >= 0.6 is 25.3 Å². The van der Waals surface area contributed by atoms with E-state index in [-0.39, 0.29) is 0 Å². The Bertz CT molecular complexity index is 206. The van der Waals surface area contributed by atoms with Crippen molar-refractivity contribution >= 4 is 25.3 Å². The molecule has 0 aliphatic rings. The fourth-order valence-electron chi connectivity index (χ4n) is 3.46. The average Bonchev–Trinajstić information content (AvgIpc) is 2.53. The maximum Gasteiger partial charge on any atom is -0.00695 e. The van der Waals surface area contributed by atoms with Gasteiger partial charge in [0.15, 0.2) is 0 Å². The van der Waals surface area contributed by atoms with Gasteiger partial charge in [-0.15, -0.1) is 0 Å². The maximum atomic E-state index is 4.59. The fraction of sp³-hybridized carbons (Fsp3) is 1.00. The number of thiol groups is 2. The Hall–Kier alpha value is 0.700. The molecular weight excluding hydrogens is 304 g/mol. The zero-order valence-electron chi connectivity index (χ0n) is 15.4. The standard InChI is InChI=1S/C20H42S2/c1-3-5-6-7-8-9-13-20(18-22)15-10-14-19(12-4-2)16-11-17-21/h19-22H,3-18H2,1-2H3. The van der Waals surface area contributed by atoms with Crippen LogP contribution in [0.5, 0.6) is 0 Å². The minimum absolute atomic E-state index is 0.863. The van der Waals surface area contributed by atoms with Crippen LogP contribution in [0.2, 0.25) is 0 Å². The average molecular weight is 347 g/mol. The highest BCUT2D eigenvalue weighted by molar-refractivity contribution is 7.80. The lowest BCUT2D eigenvalue weighted by molar-refractivity contribution is 0.367. The second kappa shape index (κ2) is 18.0. The molecule has 0 aliphatic carbocycles. The van der Waals surface area contributed by atoms with Crippen LogP contribution < -0.4 is 0 Å². The number of hydrogen-bond acceptors (Lipinski definition) is 2. The molecule has 22 heavy (non-hydrogen) atoms. The zero-order chi connectivity index (χ0) is 16.5. The molecule has 0 N–H and O–H groups in total. The first-order valence-electron chi connectivity index (χ1n) is 10.00. The molecule has 134 valence electrons. The van der Waals surface area contributed by atoms with E-state index in [1.165, 1.54) is 89.9 Å². The number of rotatable bonds is 17. The molecule has 0 aromatic carbocycles. The Morgan fingerprint density at radius 1 is 0.545 bits per heavy atom. The molecule has 0 spiro atoms. The van der Waals surface area contributed by atoms with Crippen molar-refractivity contribution in [2.24, 2.45) is 11.8 Å². The van der Waals surface area contributed by atoms with Gasteiger partial charge in [-0.2, -0.15) is 25.3 Å². The number of unbranched alkanes of at least 4 members (excludes halogenated alkanes) is 5. The normalized spacial score (nSPS) is 14.2. The van der Waals surface area contributed by atoms with Gasteiger partial charge in [-0.3, -0.25) is 0 Å². The van der Waals surface area contributed by atoms with Crippen LogP contribution in [0.3, 0.4) is 0 Å². The van der Waals surface area contributed by atoms with Gasteiger partial charge in [-0.05, 0) is 49.0 Å². The van der Waals surface area contributed by atoms with Gasteiger partial charge in [0.1, 0.15) is 0 Å². The molecule has 0 aromatic heterocycles. The quantitative estimate of drug-likeness (QED) is 0.197. The molecule has 0 heterocycles. The summed E-state index contributed by atoms with van der Waals surface area (Å²) in [6.07, 6.45) is 19.6. The van der Waals surface area contributed by atoms with Crippen molar-refractivity contribution in [2.75, 3.05) is 11.5 Å². The van der Waals surface area contributed by atoms with Gasteiger partial charge in [0.25, 0.3) is 0 Å². The van der Waals surface area contributed by atoms with Crippen molar-refractivity contribution in [3.05, 3.63) is 0 Å². The Morgan fingerprint density at radius 2 is 1.14 bits per heavy atom. The second-order valence-electron chi connectivity index (χ2n) is 7.06. The Labute approximate surface area is 152 Å². The lowest BCUT2D eigenvalue weighted by Gasteiger charge is -2.18. The molecule has 0 amide bonds. The van der Waals surface area contributed by atoms with Crippen molar-refractivity contribution in [1.82, 2.24) is 0 Å². The van der Waals surface area contributed by atoms with E-state index >= 15 is 0 Å². The van der Waals surface area contributed by atoms with Gasteiger partial charge >= 0.3 is 0 Å². The van der Waals surface area contributed by atoms with Crippen molar-refractivity contribution < 1.29 is 0 Å². The van der Waals surface area contributed by atoms with E-state index in [2.05, 4.69) is 39.1 Å². The molecule has 0 saturated carbocycles. The van der Waals surface area contributed by atoms with Crippen LogP contribution in [-0.2, 0) is 0 Å². The summed E-state index contributed by atoms with van der Waals surface area (Å²) in [5.74, 6) is 3.95. The molecule has 0 fully saturated rings. The van der Waals surface area contributed by atoms with E-state index in [0.717, 1.165) is 23.3 Å². The first-order chi connectivity index (χ1) is 10.8. The van der Waals surface area contributed by atoms with Gasteiger partial charge in [-0.25, -0.2) is 0 Å². The monoisotopic (exact) mass is 346 g/mol. The smallest absolute Gasteiger partial charge is 0.00695 e. The maximum absolute atomic E-state index is 4.59. The van der Waals surface area contributed by atoms with Crippen LogP contribution in [0.1, 0.15) is 104 Å². The molecule has 2 unspecified atom stereocenters. The molecule has 0 aromatic rings. The fourth-order valence-corrected chi connectivity index (χ4v) is 4.00. The highest BCUT2D eigenvalue weighted by Crippen LogP contribution is 2.24. The van der Waals surface area contributed by atoms with Crippen LogP contribution in [0.25, 0.3) is 0 Å². The van der Waals surface area contributed by atoms with E-state index in [9.17, 15) is 0 Å². The highest BCUT2D eigenvalue weighted by Gasteiger charge is 2.10. The van der Waals surface area contributed by atoms with E-state index in [1.54, 1.807) is 0 Å². The molecule has 0 bridgehead atoms. The van der Waals surface area contributed by atoms with Gasteiger partial charge in [-0.1, -0.05) is 78.1 Å². The summed E-state index contributed by atoms with van der Waals surface area (Å²) in [5.41, 5.74) is 0. The molecule has 0 aliphatic heterocycles. The Kier molecular flexibility index (Phi) is 18.6. The van der Waals surface area contributed by atoms with Crippen molar-refractivity contribution in [3.63, 3.8) is 0 Å². The first-order valence-corrected chi connectivity index (χ1v) is 11.3. The first kappa shape index (κ1) is 22.7. The van der Waals surface area contributed by atoms with E-state index in [4.69, 9.17) is 0 Å². The molecule has 2 atom stereocenters. The molecule has 0 saturated heterocycles. The summed E-state index contributed by atoms with van der Waals surface area (Å²) in [4.78, 5) is 0. The lowest BCUT2D eigenvalue weighted by atomic mass is 9.89. The Balaban J connectivity index is 3.68. The summed E-state index contributed by atoms with van der Waals surface area (Å²) in [6.45, 7) is 4.61. The largest absolute Gasteiger partial charge is 0.179 e. The summed E-state index contributed by atoms with van der Waals surface area (Å²) in [6, 6.07) is 0. The zero-order valence-corrected chi connectivity index (χ0v) is 17.2. The third-order valence-electron chi connectivity index (χ3n) is 4.92. The molecular formula is C20H42S2. The van der Waals surface area contributed by atoms with Gasteiger partial charge in [0.2, 0.25) is 0 Å². The predicted octanol–water partition coefficient (Wildman–Crippen LogP) is 7.58. The third-order valence-corrected chi connectivity index (χ3v) is 5.75. The van der Waals surface area contributed by atoms with Gasteiger partial charge in [0, 0.05) is 0 Å². The van der Waals surface area contributed by atoms with Crippen molar-refractivity contribution in [2.45, 2.75) is 104 Å². The summed E-state index contributed by atoms with van der Waals surface area (Å²) in [5, 5.41) is 0. The van der Waals surface area contributed by atoms with E-state index in [1.807, 2.05) is 0 Å². The van der Waals surface area contributed by atoms with Crippen LogP contribution in [-0.4, -0.2) is 11.5 Å². The second-order valence-corrected chi connectivity index (χ2v) is 7.87. The van der Waals surface area contributed by atoms with Gasteiger partial charge < -0.3 is 0 Å². The predicted molar refractivity (Wildman–Crippen MR) is 111 cm³/mol. The lowest BCUT2D eigenvalue weighted by Crippen LogP contribution is -2.06. The van der Waals surface area contributed by atoms with Crippen molar-refractivity contribution in [3.8, 4) is 0 Å². The van der Waals surface area contributed by atoms with Crippen molar-refractivity contribution in [1.29, 1.82) is 0 Å². The minimum atomic E-state index is 0.863. The van der Waals surface area contributed by atoms with E-state index < -0.39 is 0 Å². The van der Waals surface area contributed by atoms with Gasteiger partial charge in [0.05, 0.1) is 0 Å². The molecule has 2 heteroatoms. The molecule has 0 radical (unpaired) electrons. The minimum Gasteiger partial charge on any atom is -0.179 e. The third kappa shape index (κ3) is 14.3. The topological polar surface area (TPSA) is 0 Å². The molecule has 0 nitrogen and oxygen atoms in total. The molecule has 0 rings (SSSR count). The number of hydrogen-bond donors (Lipinski definition) is 2. The SMILES string of the molecule is CCCCCCCCC(CS)CCCC(CCC)CCCS. The van der Waals surface area contributed by atoms with Crippen LogP contribution in [0.15, 0.2) is 0 Å². The summed E-state index contributed by atoms with van der Waals surface area (Å²) in [7, 11) is 0.